The minimum Gasteiger partial charge on any atom is -0.358 e. The van der Waals surface area contributed by atoms with Crippen molar-refractivity contribution in [1.29, 1.82) is 0 Å². The van der Waals surface area contributed by atoms with Crippen molar-refractivity contribution >= 4 is 38.9 Å². The molecule has 0 bridgehead atoms. The third-order valence-corrected chi connectivity index (χ3v) is 12.3. The molecule has 60 heavy (non-hydrogen) atoms. The van der Waals surface area contributed by atoms with E-state index in [-0.39, 0.29) is 31.9 Å². The molecule has 0 unspecified atom stereocenters. The molecule has 0 saturated carbocycles. The standard InChI is InChI=1S/C54H47N5.Pt/c1-34-28-35(2)51(36(3)29-34)52-43(37-16-10-9-11-17-37)33-56-59(52)40-23-25-45-49(32-40)57(47-21-15-13-19-44(47)54(45,7)8)39-22-24-42-41-18-12-14-20-46(41)58(48(42)31-39)50-30-38(26-27-55-50)53(4,5)6;/h9-30,33H,1-8H3;/q-2;+2. The fourth-order valence-electron chi connectivity index (χ4n) is 9.40. The van der Waals surface area contributed by atoms with E-state index in [4.69, 9.17) is 10.1 Å². The first-order chi connectivity index (χ1) is 28.4. The van der Waals surface area contributed by atoms with Gasteiger partial charge in [-0.15, -0.1) is 35.2 Å². The van der Waals surface area contributed by atoms with Gasteiger partial charge in [0.2, 0.25) is 0 Å². The van der Waals surface area contributed by atoms with E-state index in [1.165, 1.54) is 44.3 Å². The van der Waals surface area contributed by atoms with Crippen LogP contribution in [0.3, 0.4) is 0 Å². The van der Waals surface area contributed by atoms with Gasteiger partial charge < -0.3 is 9.47 Å². The molecule has 0 radical (unpaired) electrons. The molecule has 1 aliphatic heterocycles. The minimum atomic E-state index is -0.292. The Morgan fingerprint density at radius 1 is 0.667 bits per heavy atom. The molecule has 4 heterocycles. The van der Waals surface area contributed by atoms with Crippen molar-refractivity contribution in [3.8, 4) is 33.9 Å². The molecule has 0 amide bonds. The van der Waals surface area contributed by atoms with Gasteiger partial charge in [0.1, 0.15) is 5.82 Å². The number of aromatic nitrogens is 4. The predicted octanol–water partition coefficient (Wildman–Crippen LogP) is 13.6. The summed E-state index contributed by atoms with van der Waals surface area (Å²) in [4.78, 5) is 7.31. The fraction of sp³-hybridized carbons (Fsp3) is 0.185. The normalized spacial score (nSPS) is 13.3. The largest absolute Gasteiger partial charge is 2.00 e. The quantitative estimate of drug-likeness (QED) is 0.161. The SMILES string of the molecule is Cc1cc(C)c(-c2c(-c3ccccc3)cnn2-c2[c-]c3c(cc2)C(C)(C)c2ccccc2N3c2[c-]c3c(cc2)c2ccccc2n3-c2cc(C(C)(C)C)ccn2)c(C)c1.[Pt+2]. The summed E-state index contributed by atoms with van der Waals surface area (Å²) < 4.78 is 4.37. The Bertz CT molecular complexity index is 3080. The van der Waals surface area contributed by atoms with Gasteiger partial charge in [0.25, 0.3) is 0 Å². The first-order valence-corrected chi connectivity index (χ1v) is 20.5. The van der Waals surface area contributed by atoms with Gasteiger partial charge in [0.05, 0.1) is 11.9 Å². The molecule has 0 saturated heterocycles. The van der Waals surface area contributed by atoms with E-state index >= 15 is 0 Å². The Morgan fingerprint density at radius 3 is 2.13 bits per heavy atom. The molecule has 9 aromatic rings. The number of rotatable bonds is 5. The maximum absolute atomic E-state index is 5.15. The Hall–Kier alpha value is -6.03. The summed E-state index contributed by atoms with van der Waals surface area (Å²) in [5.74, 6) is 0.883. The Balaban J connectivity index is 0.00000462. The number of hydrogen-bond acceptors (Lipinski definition) is 3. The van der Waals surface area contributed by atoms with Crippen molar-refractivity contribution in [1.82, 2.24) is 19.3 Å². The van der Waals surface area contributed by atoms with Crippen molar-refractivity contribution < 1.29 is 21.1 Å². The topological polar surface area (TPSA) is 38.9 Å². The second kappa shape index (κ2) is 14.6. The molecule has 0 aliphatic carbocycles. The average Bonchev–Trinajstić information content (AvgIpc) is 3.80. The van der Waals surface area contributed by atoms with E-state index in [2.05, 4.69) is 209 Å². The van der Waals surface area contributed by atoms with Crippen LogP contribution in [-0.2, 0) is 31.9 Å². The maximum Gasteiger partial charge on any atom is 2.00 e. The number of aryl methyl sites for hydroxylation is 3. The second-order valence-electron chi connectivity index (χ2n) is 17.7. The first kappa shape index (κ1) is 39.4. The molecule has 10 rings (SSSR count). The minimum absolute atomic E-state index is 0. The van der Waals surface area contributed by atoms with Crippen molar-refractivity contribution in [2.24, 2.45) is 0 Å². The van der Waals surface area contributed by atoms with Crippen molar-refractivity contribution in [3.63, 3.8) is 0 Å². The molecule has 6 heteroatoms. The summed E-state index contributed by atoms with van der Waals surface area (Å²) in [7, 11) is 0. The smallest absolute Gasteiger partial charge is 0.358 e. The van der Waals surface area contributed by atoms with E-state index in [1.54, 1.807) is 0 Å². The molecule has 0 spiro atoms. The van der Waals surface area contributed by atoms with Crippen LogP contribution in [0.2, 0.25) is 0 Å². The van der Waals surface area contributed by atoms with E-state index in [0.717, 1.165) is 61.8 Å². The van der Waals surface area contributed by atoms with Crippen LogP contribution in [0.15, 0.2) is 140 Å². The number of nitrogens with zero attached hydrogens (tertiary/aromatic N) is 5. The van der Waals surface area contributed by atoms with Gasteiger partial charge in [-0.2, -0.15) is 17.2 Å². The van der Waals surface area contributed by atoms with Crippen LogP contribution in [-0.4, -0.2) is 19.3 Å². The van der Waals surface area contributed by atoms with Crippen LogP contribution in [0.1, 0.15) is 68.0 Å². The number of para-hydroxylation sites is 2. The second-order valence-corrected chi connectivity index (χ2v) is 17.7. The number of pyridine rings is 1. The van der Waals surface area contributed by atoms with E-state index in [9.17, 15) is 0 Å². The number of anilines is 3. The summed E-state index contributed by atoms with van der Waals surface area (Å²) in [5.41, 5.74) is 17.5. The summed E-state index contributed by atoms with van der Waals surface area (Å²) in [6, 6.07) is 53.7. The molecule has 0 atom stereocenters. The van der Waals surface area contributed by atoms with Gasteiger partial charge in [-0.1, -0.05) is 136 Å². The zero-order valence-electron chi connectivity index (χ0n) is 35.3. The van der Waals surface area contributed by atoms with Gasteiger partial charge in [0.15, 0.2) is 0 Å². The van der Waals surface area contributed by atoms with E-state index < -0.39 is 0 Å². The maximum atomic E-state index is 5.15. The van der Waals surface area contributed by atoms with Crippen molar-refractivity contribution in [2.75, 3.05) is 4.90 Å². The van der Waals surface area contributed by atoms with Gasteiger partial charge in [0, 0.05) is 28.5 Å². The third-order valence-electron chi connectivity index (χ3n) is 12.3. The van der Waals surface area contributed by atoms with Crippen molar-refractivity contribution in [3.05, 3.63) is 185 Å². The molecule has 5 nitrogen and oxygen atoms in total. The van der Waals surface area contributed by atoms with Crippen LogP contribution in [0.5, 0.6) is 0 Å². The summed E-state index contributed by atoms with van der Waals surface area (Å²) >= 11 is 0. The monoisotopic (exact) mass is 960 g/mol. The first-order valence-electron chi connectivity index (χ1n) is 20.5. The summed E-state index contributed by atoms with van der Waals surface area (Å²) in [6.07, 6.45) is 3.94. The molecule has 6 aromatic carbocycles. The van der Waals surface area contributed by atoms with Crippen LogP contribution >= 0.6 is 0 Å². The predicted molar refractivity (Wildman–Crippen MR) is 244 cm³/mol. The average molecular weight is 961 g/mol. The molecule has 0 N–H and O–H groups in total. The molecule has 1 aliphatic rings. The van der Waals surface area contributed by atoms with Gasteiger partial charge >= 0.3 is 21.1 Å². The van der Waals surface area contributed by atoms with Crippen LogP contribution in [0.4, 0.5) is 17.1 Å². The molecular formula is C54H47N5Pt. The van der Waals surface area contributed by atoms with Gasteiger partial charge in [-0.25, -0.2) is 4.98 Å². The molecule has 3 aromatic heterocycles. The summed E-state index contributed by atoms with van der Waals surface area (Å²) in [5, 5.41) is 7.46. The third kappa shape index (κ3) is 6.25. The van der Waals surface area contributed by atoms with Crippen LogP contribution in [0, 0.1) is 32.9 Å². The van der Waals surface area contributed by atoms with E-state index in [0.29, 0.717) is 0 Å². The summed E-state index contributed by atoms with van der Waals surface area (Å²) in [6.45, 7) is 18.0. The van der Waals surface area contributed by atoms with E-state index in [1.807, 2.05) is 12.4 Å². The molecule has 298 valence electrons. The van der Waals surface area contributed by atoms with Crippen LogP contribution < -0.4 is 4.90 Å². The zero-order valence-corrected chi connectivity index (χ0v) is 37.6. The van der Waals surface area contributed by atoms with Gasteiger partial charge in [-0.3, -0.25) is 4.68 Å². The number of hydrogen-bond donors (Lipinski definition) is 0. The van der Waals surface area contributed by atoms with Crippen molar-refractivity contribution in [2.45, 2.75) is 66.2 Å². The van der Waals surface area contributed by atoms with Gasteiger partial charge in [-0.05, 0) is 94.8 Å². The Kier molecular flexibility index (Phi) is 9.60. The zero-order chi connectivity index (χ0) is 40.8. The Morgan fingerprint density at radius 2 is 1.37 bits per heavy atom. The molecular weight excluding hydrogens is 914 g/mol. The number of benzene rings is 6. The fourth-order valence-corrected chi connectivity index (χ4v) is 9.40. The molecule has 0 fully saturated rings. The Labute approximate surface area is 367 Å². The number of fused-ring (bicyclic) bond motifs is 5. The van der Waals surface area contributed by atoms with Crippen LogP contribution in [0.25, 0.3) is 55.7 Å².